The summed E-state index contributed by atoms with van der Waals surface area (Å²) in [6.45, 7) is 0.147. The van der Waals surface area contributed by atoms with Gasteiger partial charge in [0.2, 0.25) is 10.0 Å². The van der Waals surface area contributed by atoms with Crippen LogP contribution in [-0.4, -0.2) is 40.1 Å². The Morgan fingerprint density at radius 3 is 2.33 bits per heavy atom. The summed E-state index contributed by atoms with van der Waals surface area (Å²) in [5.74, 6) is 0.683. The van der Waals surface area contributed by atoms with E-state index in [1.54, 1.807) is 48.4 Å². The predicted octanol–water partition coefficient (Wildman–Crippen LogP) is 5.79. The molecular weight excluding hydrogens is 609 g/mol. The second-order valence-electron chi connectivity index (χ2n) is 10.8. The van der Waals surface area contributed by atoms with E-state index in [1.807, 2.05) is 84.4 Å². The standard InChI is InChI=1S/C34H34N4O5S2/c1-38-23-35-37-34(38)44-22-29-19-32(26-13-11-24(21-39)12-14-26)43-33(42-29)27-17-15-25(16-18-27)31-10-6-5-7-28(31)20-36-45(40,41)30-8-3-2-4-9-30/h2-18,23,29,32-33,36,39H,19-22H2,1H3/t29-,32+,33+/m0/s1. The maximum Gasteiger partial charge on any atom is 0.240 e. The Morgan fingerprint density at radius 1 is 0.911 bits per heavy atom. The number of hydrogen-bond acceptors (Lipinski definition) is 8. The van der Waals surface area contributed by atoms with Gasteiger partial charge in [0.1, 0.15) is 6.33 Å². The van der Waals surface area contributed by atoms with Crippen LogP contribution in [0.25, 0.3) is 11.1 Å². The van der Waals surface area contributed by atoms with Crippen molar-refractivity contribution in [2.75, 3.05) is 5.75 Å². The molecule has 11 heteroatoms. The average molecular weight is 643 g/mol. The molecule has 1 aliphatic rings. The van der Waals surface area contributed by atoms with E-state index in [1.165, 1.54) is 0 Å². The number of nitrogens with one attached hydrogen (secondary N) is 1. The maximum absolute atomic E-state index is 12.8. The molecule has 1 saturated heterocycles. The molecule has 0 aliphatic carbocycles. The van der Waals surface area contributed by atoms with Gasteiger partial charge in [0.15, 0.2) is 11.4 Å². The maximum atomic E-state index is 12.8. The van der Waals surface area contributed by atoms with Gasteiger partial charge in [-0.15, -0.1) is 10.2 Å². The monoisotopic (exact) mass is 642 g/mol. The van der Waals surface area contributed by atoms with Gasteiger partial charge in [-0.3, -0.25) is 0 Å². The zero-order valence-electron chi connectivity index (χ0n) is 24.7. The molecule has 0 unspecified atom stereocenters. The SMILES string of the molecule is Cn1cnnc1SC[C@@H]1C[C@H](c2ccc(CO)cc2)O[C@H](c2ccc(-c3ccccc3CNS(=O)(=O)c3ccccc3)cc2)O1. The number of benzene rings is 4. The van der Waals surface area contributed by atoms with Gasteiger partial charge in [0, 0.05) is 31.3 Å². The van der Waals surface area contributed by atoms with Gasteiger partial charge in [0.25, 0.3) is 0 Å². The molecule has 0 bridgehead atoms. The van der Waals surface area contributed by atoms with Crippen LogP contribution in [0.4, 0.5) is 0 Å². The van der Waals surface area contributed by atoms with E-state index in [2.05, 4.69) is 14.9 Å². The Kier molecular flexibility index (Phi) is 9.74. The zero-order chi connectivity index (χ0) is 31.2. The molecule has 1 aliphatic heterocycles. The minimum absolute atomic E-state index is 0.0110. The van der Waals surface area contributed by atoms with Gasteiger partial charge in [0.05, 0.1) is 23.7 Å². The third-order valence-corrected chi connectivity index (χ3v) is 10.3. The van der Waals surface area contributed by atoms with E-state index in [9.17, 15) is 13.5 Å². The topological polar surface area (TPSA) is 116 Å². The molecule has 3 atom stereocenters. The molecule has 0 radical (unpaired) electrons. The number of nitrogens with zero attached hydrogens (tertiary/aromatic N) is 3. The van der Waals surface area contributed by atoms with Gasteiger partial charge in [-0.05, 0) is 39.9 Å². The quantitative estimate of drug-likeness (QED) is 0.174. The van der Waals surface area contributed by atoms with Crippen LogP contribution in [0, 0.1) is 0 Å². The summed E-state index contributed by atoms with van der Waals surface area (Å²) >= 11 is 1.59. The minimum atomic E-state index is -3.64. The summed E-state index contributed by atoms with van der Waals surface area (Å²) in [5, 5.41) is 18.5. The van der Waals surface area contributed by atoms with Gasteiger partial charge in [-0.2, -0.15) is 0 Å². The van der Waals surface area contributed by atoms with E-state index in [4.69, 9.17) is 9.47 Å². The summed E-state index contributed by atoms with van der Waals surface area (Å²) in [5.41, 5.74) is 5.51. The first-order chi connectivity index (χ1) is 21.9. The summed E-state index contributed by atoms with van der Waals surface area (Å²) in [4.78, 5) is 0.232. The first-order valence-electron chi connectivity index (χ1n) is 14.6. The van der Waals surface area contributed by atoms with Crippen LogP contribution in [0.2, 0.25) is 0 Å². The van der Waals surface area contributed by atoms with E-state index < -0.39 is 16.3 Å². The lowest BCUT2D eigenvalue weighted by Crippen LogP contribution is -2.31. The highest BCUT2D eigenvalue weighted by Crippen LogP contribution is 2.40. The normalized spacial score (nSPS) is 18.6. The largest absolute Gasteiger partial charge is 0.392 e. The van der Waals surface area contributed by atoms with Crippen molar-refractivity contribution in [1.29, 1.82) is 0 Å². The highest BCUT2D eigenvalue weighted by molar-refractivity contribution is 7.99. The number of aliphatic hydroxyl groups is 1. The van der Waals surface area contributed by atoms with E-state index in [-0.39, 0.29) is 30.3 Å². The molecule has 1 fully saturated rings. The molecule has 0 spiro atoms. The summed E-state index contributed by atoms with van der Waals surface area (Å²) in [6.07, 6.45) is 1.46. The summed E-state index contributed by atoms with van der Waals surface area (Å²) in [6, 6.07) is 32.0. The Hall–Kier alpha value is -3.84. The fourth-order valence-corrected chi connectivity index (χ4v) is 7.16. The minimum Gasteiger partial charge on any atom is -0.392 e. The molecule has 2 heterocycles. The Balaban J connectivity index is 1.20. The third kappa shape index (κ3) is 7.52. The third-order valence-electron chi connectivity index (χ3n) is 7.70. The smallest absolute Gasteiger partial charge is 0.240 e. The van der Waals surface area contributed by atoms with Crippen molar-refractivity contribution in [3.05, 3.63) is 132 Å². The second-order valence-corrected chi connectivity index (χ2v) is 13.6. The first kappa shape index (κ1) is 31.2. The van der Waals surface area contributed by atoms with Gasteiger partial charge >= 0.3 is 0 Å². The molecule has 4 aromatic carbocycles. The van der Waals surface area contributed by atoms with Gasteiger partial charge in [-0.25, -0.2) is 13.1 Å². The van der Waals surface area contributed by atoms with Crippen LogP contribution < -0.4 is 4.72 Å². The Labute approximate surface area is 267 Å². The average Bonchev–Trinajstić information content (AvgIpc) is 3.51. The fourth-order valence-electron chi connectivity index (χ4n) is 5.23. The van der Waals surface area contributed by atoms with Gasteiger partial charge < -0.3 is 19.1 Å². The van der Waals surface area contributed by atoms with Gasteiger partial charge in [-0.1, -0.05) is 103 Å². The number of hydrogen-bond donors (Lipinski definition) is 2. The number of sulfonamides is 1. The van der Waals surface area contributed by atoms with Crippen LogP contribution in [0.1, 0.15) is 41.1 Å². The molecule has 0 amide bonds. The van der Waals surface area contributed by atoms with Crippen LogP contribution in [-0.2, 0) is 39.7 Å². The molecule has 9 nitrogen and oxygen atoms in total. The lowest BCUT2D eigenvalue weighted by Gasteiger charge is -2.36. The van der Waals surface area contributed by atoms with Crippen LogP contribution >= 0.6 is 11.8 Å². The molecule has 2 N–H and O–H groups in total. The number of aliphatic hydroxyl groups excluding tert-OH is 1. The van der Waals surface area contributed by atoms with Crippen molar-refractivity contribution in [1.82, 2.24) is 19.5 Å². The van der Waals surface area contributed by atoms with Crippen molar-refractivity contribution in [3.8, 4) is 11.1 Å². The van der Waals surface area contributed by atoms with Crippen LogP contribution in [0.15, 0.2) is 120 Å². The fraction of sp³-hybridized carbons (Fsp3) is 0.235. The van der Waals surface area contributed by atoms with E-state index in [0.717, 1.165) is 38.5 Å². The Morgan fingerprint density at radius 2 is 1.62 bits per heavy atom. The Bertz CT molecular complexity index is 1810. The highest BCUT2D eigenvalue weighted by Gasteiger charge is 2.32. The molecule has 1 aromatic heterocycles. The molecule has 232 valence electrons. The molecular formula is C34H34N4O5S2. The number of aromatic nitrogens is 3. The summed E-state index contributed by atoms with van der Waals surface area (Å²) in [7, 11) is -1.73. The molecule has 45 heavy (non-hydrogen) atoms. The summed E-state index contributed by atoms with van der Waals surface area (Å²) < 4.78 is 43.3. The highest BCUT2D eigenvalue weighted by atomic mass is 32.2. The predicted molar refractivity (Wildman–Crippen MR) is 172 cm³/mol. The lowest BCUT2D eigenvalue weighted by atomic mass is 9.98. The second kappa shape index (κ2) is 14.1. The van der Waals surface area contributed by atoms with Crippen LogP contribution in [0.3, 0.4) is 0 Å². The van der Waals surface area contributed by atoms with Crippen LogP contribution in [0.5, 0.6) is 0 Å². The number of ether oxygens (including phenoxy) is 2. The van der Waals surface area contributed by atoms with Crippen molar-refractivity contribution >= 4 is 21.8 Å². The number of thioether (sulfide) groups is 1. The van der Waals surface area contributed by atoms with E-state index >= 15 is 0 Å². The molecule has 5 aromatic rings. The van der Waals surface area contributed by atoms with Crippen molar-refractivity contribution in [2.45, 2.75) is 48.1 Å². The lowest BCUT2D eigenvalue weighted by molar-refractivity contribution is -0.245. The first-order valence-corrected chi connectivity index (χ1v) is 17.1. The zero-order valence-corrected chi connectivity index (χ0v) is 26.3. The molecule has 6 rings (SSSR count). The number of aryl methyl sites for hydroxylation is 1. The molecule has 0 saturated carbocycles. The van der Waals surface area contributed by atoms with Crippen molar-refractivity contribution in [3.63, 3.8) is 0 Å². The van der Waals surface area contributed by atoms with E-state index in [0.29, 0.717) is 12.2 Å². The van der Waals surface area contributed by atoms with Crippen molar-refractivity contribution in [2.24, 2.45) is 7.05 Å². The van der Waals surface area contributed by atoms with Crippen molar-refractivity contribution < 1.29 is 23.0 Å². The number of rotatable bonds is 11.